The van der Waals surface area contributed by atoms with Gasteiger partial charge in [0.05, 0.1) is 6.20 Å². The number of rotatable bonds is 5. The van der Waals surface area contributed by atoms with Gasteiger partial charge in [-0.05, 0) is 48.6 Å². The van der Waals surface area contributed by atoms with Gasteiger partial charge in [-0.2, -0.15) is 5.10 Å². The molecule has 5 heteroatoms. The van der Waals surface area contributed by atoms with Gasteiger partial charge in [0, 0.05) is 38.9 Å². The van der Waals surface area contributed by atoms with Crippen LogP contribution < -0.4 is 5.32 Å². The van der Waals surface area contributed by atoms with E-state index in [4.69, 9.17) is 0 Å². The molecular formula is C18H24N4O. The Morgan fingerprint density at radius 1 is 1.30 bits per heavy atom. The molecule has 1 fully saturated rings. The van der Waals surface area contributed by atoms with Crippen molar-refractivity contribution < 1.29 is 4.79 Å². The highest BCUT2D eigenvalue weighted by atomic mass is 16.1. The second-order valence-corrected chi connectivity index (χ2v) is 6.49. The molecule has 0 bridgehead atoms. The third-order valence-corrected chi connectivity index (χ3v) is 4.33. The Morgan fingerprint density at radius 3 is 2.74 bits per heavy atom. The Balaban J connectivity index is 1.50. The Labute approximate surface area is 137 Å². The van der Waals surface area contributed by atoms with E-state index in [1.165, 1.54) is 24.5 Å². The van der Waals surface area contributed by atoms with Gasteiger partial charge in [0.15, 0.2) is 0 Å². The Morgan fingerprint density at radius 2 is 2.09 bits per heavy atom. The summed E-state index contributed by atoms with van der Waals surface area (Å²) in [5.74, 6) is 0.688. The Bertz CT molecular complexity index is 662. The van der Waals surface area contributed by atoms with E-state index in [0.29, 0.717) is 0 Å². The number of aryl methyl sites for hydroxylation is 1. The molecule has 0 saturated carbocycles. The molecule has 122 valence electrons. The van der Waals surface area contributed by atoms with Crippen molar-refractivity contribution in [3.8, 4) is 0 Å². The van der Waals surface area contributed by atoms with Crippen LogP contribution in [0.5, 0.6) is 0 Å². The van der Waals surface area contributed by atoms with Crippen LogP contribution in [0.15, 0.2) is 36.7 Å². The van der Waals surface area contributed by atoms with E-state index in [2.05, 4.69) is 33.6 Å². The second-order valence-electron chi connectivity index (χ2n) is 6.49. The summed E-state index contributed by atoms with van der Waals surface area (Å²) in [6, 6.07) is 8.14. The lowest BCUT2D eigenvalue weighted by Gasteiger charge is -2.16. The largest absolute Gasteiger partial charge is 0.326 e. The van der Waals surface area contributed by atoms with Crippen LogP contribution in [0, 0.1) is 5.92 Å². The third kappa shape index (κ3) is 4.42. The molecule has 1 atom stereocenters. The molecule has 1 N–H and O–H groups in total. The van der Waals surface area contributed by atoms with Crippen LogP contribution in [-0.2, 0) is 24.8 Å². The topological polar surface area (TPSA) is 50.2 Å². The maximum absolute atomic E-state index is 11.0. The lowest BCUT2D eigenvalue weighted by atomic mass is 10.0. The first kappa shape index (κ1) is 15.7. The molecule has 1 aromatic carbocycles. The lowest BCUT2D eigenvalue weighted by molar-refractivity contribution is -0.114. The van der Waals surface area contributed by atoms with Crippen molar-refractivity contribution in [3.63, 3.8) is 0 Å². The molecule has 1 saturated heterocycles. The molecule has 1 aliphatic rings. The third-order valence-electron chi connectivity index (χ3n) is 4.33. The molecule has 0 unspecified atom stereocenters. The van der Waals surface area contributed by atoms with Crippen molar-refractivity contribution >= 4 is 11.6 Å². The fraction of sp³-hybridized carbons (Fsp3) is 0.444. The van der Waals surface area contributed by atoms with Gasteiger partial charge >= 0.3 is 0 Å². The quantitative estimate of drug-likeness (QED) is 0.922. The van der Waals surface area contributed by atoms with Crippen molar-refractivity contribution in [2.75, 3.05) is 18.4 Å². The number of anilines is 1. The maximum Gasteiger partial charge on any atom is 0.221 e. The molecule has 1 amide bonds. The summed E-state index contributed by atoms with van der Waals surface area (Å²) in [7, 11) is 1.97. The summed E-state index contributed by atoms with van der Waals surface area (Å²) in [5.41, 5.74) is 3.48. The van der Waals surface area contributed by atoms with Gasteiger partial charge in [0.25, 0.3) is 0 Å². The summed E-state index contributed by atoms with van der Waals surface area (Å²) in [6.07, 6.45) is 6.46. The molecule has 0 spiro atoms. The van der Waals surface area contributed by atoms with Crippen LogP contribution in [0.2, 0.25) is 0 Å². The van der Waals surface area contributed by atoms with E-state index >= 15 is 0 Å². The highest BCUT2D eigenvalue weighted by Gasteiger charge is 2.23. The van der Waals surface area contributed by atoms with Gasteiger partial charge < -0.3 is 5.32 Å². The van der Waals surface area contributed by atoms with Crippen LogP contribution in [0.3, 0.4) is 0 Å². The van der Waals surface area contributed by atoms with Crippen molar-refractivity contribution in [3.05, 3.63) is 47.8 Å². The van der Waals surface area contributed by atoms with Crippen molar-refractivity contribution in [2.45, 2.75) is 26.3 Å². The van der Waals surface area contributed by atoms with E-state index in [1.54, 1.807) is 0 Å². The summed E-state index contributed by atoms with van der Waals surface area (Å²) >= 11 is 0. The molecule has 2 heterocycles. The van der Waals surface area contributed by atoms with Crippen LogP contribution >= 0.6 is 0 Å². The van der Waals surface area contributed by atoms with Crippen molar-refractivity contribution in [1.29, 1.82) is 0 Å². The Hall–Kier alpha value is -2.14. The number of aromatic nitrogens is 2. The minimum atomic E-state index is -0.0319. The number of hydrogen-bond donors (Lipinski definition) is 1. The standard InChI is InChI=1S/C18H24N4O/c1-14(23)20-18-5-3-15(4-6-18)12-22-8-7-16(13-22)9-17-10-19-21(2)11-17/h3-6,10-11,16H,7-9,12-13H2,1-2H3,(H,20,23)/t16-/m0/s1. The molecule has 0 radical (unpaired) electrons. The molecule has 1 aromatic heterocycles. The SMILES string of the molecule is CC(=O)Nc1ccc(CN2CC[C@@H](Cc3cnn(C)c3)C2)cc1. The van der Waals surface area contributed by atoms with Crippen LogP contribution in [0.4, 0.5) is 5.69 Å². The number of hydrogen-bond acceptors (Lipinski definition) is 3. The predicted octanol–water partition coefficient (Wildman–Crippen LogP) is 2.44. The zero-order chi connectivity index (χ0) is 16.2. The smallest absolute Gasteiger partial charge is 0.221 e. The highest BCUT2D eigenvalue weighted by molar-refractivity contribution is 5.88. The molecule has 5 nitrogen and oxygen atoms in total. The number of likely N-dealkylation sites (tertiary alicyclic amines) is 1. The first-order valence-electron chi connectivity index (χ1n) is 8.15. The molecular weight excluding hydrogens is 288 g/mol. The minimum absolute atomic E-state index is 0.0319. The number of carbonyl (C=O) groups is 1. The monoisotopic (exact) mass is 312 g/mol. The summed E-state index contributed by atoms with van der Waals surface area (Å²) < 4.78 is 1.87. The summed E-state index contributed by atoms with van der Waals surface area (Å²) in [6.45, 7) is 4.80. The van der Waals surface area contributed by atoms with E-state index in [9.17, 15) is 4.79 Å². The van der Waals surface area contributed by atoms with Crippen molar-refractivity contribution in [1.82, 2.24) is 14.7 Å². The van der Waals surface area contributed by atoms with E-state index in [0.717, 1.165) is 37.7 Å². The van der Waals surface area contributed by atoms with E-state index < -0.39 is 0 Å². The van der Waals surface area contributed by atoms with Gasteiger partial charge in [-0.1, -0.05) is 12.1 Å². The molecule has 23 heavy (non-hydrogen) atoms. The zero-order valence-corrected chi connectivity index (χ0v) is 13.8. The summed E-state index contributed by atoms with van der Waals surface area (Å²) in [4.78, 5) is 13.5. The average molecular weight is 312 g/mol. The summed E-state index contributed by atoms with van der Waals surface area (Å²) in [5, 5.41) is 7.05. The van der Waals surface area contributed by atoms with Crippen LogP contribution in [0.25, 0.3) is 0 Å². The van der Waals surface area contributed by atoms with E-state index in [-0.39, 0.29) is 5.91 Å². The first-order chi connectivity index (χ1) is 11.1. The van der Waals surface area contributed by atoms with Crippen LogP contribution in [-0.4, -0.2) is 33.7 Å². The zero-order valence-electron chi connectivity index (χ0n) is 13.8. The predicted molar refractivity (Wildman–Crippen MR) is 91.0 cm³/mol. The van der Waals surface area contributed by atoms with Crippen molar-refractivity contribution in [2.24, 2.45) is 13.0 Å². The fourth-order valence-corrected chi connectivity index (χ4v) is 3.29. The normalized spacial score (nSPS) is 18.3. The maximum atomic E-state index is 11.0. The van der Waals surface area contributed by atoms with Crippen LogP contribution in [0.1, 0.15) is 24.5 Å². The number of nitrogens with zero attached hydrogens (tertiary/aromatic N) is 3. The van der Waals surface area contributed by atoms with Gasteiger partial charge in [-0.3, -0.25) is 14.4 Å². The minimum Gasteiger partial charge on any atom is -0.326 e. The Kier molecular flexibility index (Phi) is 4.76. The lowest BCUT2D eigenvalue weighted by Crippen LogP contribution is -2.20. The number of benzene rings is 1. The highest BCUT2D eigenvalue weighted by Crippen LogP contribution is 2.22. The number of amides is 1. The molecule has 1 aliphatic heterocycles. The fourth-order valence-electron chi connectivity index (χ4n) is 3.29. The number of nitrogens with one attached hydrogen (secondary N) is 1. The molecule has 0 aliphatic carbocycles. The van der Waals surface area contributed by atoms with Gasteiger partial charge in [0.2, 0.25) is 5.91 Å². The molecule has 2 aromatic rings. The van der Waals surface area contributed by atoms with Gasteiger partial charge in [-0.25, -0.2) is 0 Å². The van der Waals surface area contributed by atoms with Gasteiger partial charge in [0.1, 0.15) is 0 Å². The second kappa shape index (κ2) is 6.96. The van der Waals surface area contributed by atoms with Gasteiger partial charge in [-0.15, -0.1) is 0 Å². The average Bonchev–Trinajstić information content (AvgIpc) is 3.10. The molecule has 3 rings (SSSR count). The number of carbonyl (C=O) groups excluding carboxylic acids is 1. The first-order valence-corrected chi connectivity index (χ1v) is 8.15. The van der Waals surface area contributed by atoms with E-state index in [1.807, 2.05) is 30.1 Å².